The lowest BCUT2D eigenvalue weighted by atomic mass is 9.87. The summed E-state index contributed by atoms with van der Waals surface area (Å²) in [4.78, 5) is 0. The van der Waals surface area contributed by atoms with E-state index in [0.717, 1.165) is 22.3 Å². The van der Waals surface area contributed by atoms with Crippen LogP contribution in [-0.2, 0) is 18.2 Å². The Hall–Kier alpha value is -2.07. The summed E-state index contributed by atoms with van der Waals surface area (Å²) in [6.07, 6.45) is 0. The molecule has 0 bridgehead atoms. The predicted octanol–water partition coefficient (Wildman–Crippen LogP) is 5.07. The van der Waals surface area contributed by atoms with Crippen LogP contribution in [0.4, 0.5) is 0 Å². The van der Waals surface area contributed by atoms with E-state index in [2.05, 4.69) is 71.9 Å². The van der Waals surface area contributed by atoms with E-state index in [1.54, 1.807) is 11.8 Å². The Morgan fingerprint density at radius 2 is 1.58 bits per heavy atom. The Balaban J connectivity index is 1.71. The number of hydrogen-bond donors (Lipinski definition) is 0. The summed E-state index contributed by atoms with van der Waals surface area (Å²) in [5.74, 6) is 1.80. The van der Waals surface area contributed by atoms with Crippen molar-refractivity contribution in [1.29, 1.82) is 0 Å². The van der Waals surface area contributed by atoms with Crippen molar-refractivity contribution in [2.45, 2.75) is 37.1 Å². The lowest BCUT2D eigenvalue weighted by Crippen LogP contribution is -2.10. The Labute approximate surface area is 148 Å². The number of benzene rings is 2. The van der Waals surface area contributed by atoms with Gasteiger partial charge in [0, 0.05) is 18.4 Å². The molecule has 24 heavy (non-hydrogen) atoms. The molecule has 0 unspecified atom stereocenters. The first-order chi connectivity index (χ1) is 11.4. The molecular formula is C20H23N3S. The van der Waals surface area contributed by atoms with Gasteiger partial charge in [-0.3, -0.25) is 0 Å². The van der Waals surface area contributed by atoms with Crippen LogP contribution >= 0.6 is 11.8 Å². The molecule has 1 aromatic heterocycles. The van der Waals surface area contributed by atoms with Crippen molar-refractivity contribution in [1.82, 2.24) is 14.8 Å². The van der Waals surface area contributed by atoms with E-state index in [1.165, 1.54) is 11.1 Å². The minimum atomic E-state index is 0.194. The van der Waals surface area contributed by atoms with Gasteiger partial charge in [0.2, 0.25) is 0 Å². The minimum absolute atomic E-state index is 0.194. The third kappa shape index (κ3) is 3.70. The van der Waals surface area contributed by atoms with Crippen molar-refractivity contribution in [3.8, 4) is 11.4 Å². The summed E-state index contributed by atoms with van der Waals surface area (Å²) < 4.78 is 2.06. The number of aromatic nitrogens is 3. The Bertz CT molecular complexity index is 799. The Kier molecular flexibility index (Phi) is 4.76. The zero-order chi connectivity index (χ0) is 17.2. The van der Waals surface area contributed by atoms with Crippen molar-refractivity contribution >= 4 is 11.8 Å². The molecule has 124 valence electrons. The monoisotopic (exact) mass is 337 g/mol. The van der Waals surface area contributed by atoms with Gasteiger partial charge in [-0.25, -0.2) is 0 Å². The van der Waals surface area contributed by atoms with E-state index >= 15 is 0 Å². The summed E-state index contributed by atoms with van der Waals surface area (Å²) in [7, 11) is 2.02. The third-order valence-corrected chi connectivity index (χ3v) is 5.15. The zero-order valence-electron chi connectivity index (χ0n) is 14.7. The predicted molar refractivity (Wildman–Crippen MR) is 101 cm³/mol. The topological polar surface area (TPSA) is 30.7 Å². The fourth-order valence-electron chi connectivity index (χ4n) is 2.53. The molecule has 4 heteroatoms. The van der Waals surface area contributed by atoms with Gasteiger partial charge in [-0.05, 0) is 16.5 Å². The van der Waals surface area contributed by atoms with Gasteiger partial charge in [-0.2, -0.15) is 0 Å². The highest BCUT2D eigenvalue weighted by Crippen LogP contribution is 2.27. The molecular weight excluding hydrogens is 314 g/mol. The molecule has 2 aromatic carbocycles. The second-order valence-corrected chi connectivity index (χ2v) is 7.91. The van der Waals surface area contributed by atoms with Gasteiger partial charge < -0.3 is 4.57 Å². The van der Waals surface area contributed by atoms with Crippen molar-refractivity contribution in [2.75, 3.05) is 0 Å². The van der Waals surface area contributed by atoms with Gasteiger partial charge in [0.25, 0.3) is 0 Å². The highest BCUT2D eigenvalue weighted by atomic mass is 32.2. The van der Waals surface area contributed by atoms with Crippen molar-refractivity contribution < 1.29 is 0 Å². The van der Waals surface area contributed by atoms with E-state index in [1.807, 2.05) is 25.2 Å². The fourth-order valence-corrected chi connectivity index (χ4v) is 3.39. The van der Waals surface area contributed by atoms with Gasteiger partial charge in [0.15, 0.2) is 11.0 Å². The van der Waals surface area contributed by atoms with Crippen LogP contribution in [0.3, 0.4) is 0 Å². The van der Waals surface area contributed by atoms with Crippen molar-refractivity contribution in [3.63, 3.8) is 0 Å². The summed E-state index contributed by atoms with van der Waals surface area (Å²) in [5.41, 5.74) is 3.95. The van der Waals surface area contributed by atoms with Crippen LogP contribution in [0.5, 0.6) is 0 Å². The maximum Gasteiger partial charge on any atom is 0.191 e. The average Bonchev–Trinajstić information content (AvgIpc) is 2.94. The number of nitrogens with zero attached hydrogens (tertiary/aromatic N) is 3. The zero-order valence-corrected chi connectivity index (χ0v) is 15.5. The largest absolute Gasteiger partial charge is 0.305 e. The molecule has 0 aliphatic carbocycles. The van der Waals surface area contributed by atoms with Crippen LogP contribution in [-0.4, -0.2) is 14.8 Å². The van der Waals surface area contributed by atoms with Crippen LogP contribution in [0.2, 0.25) is 0 Å². The van der Waals surface area contributed by atoms with Crippen molar-refractivity contribution in [3.05, 3.63) is 65.7 Å². The first-order valence-electron chi connectivity index (χ1n) is 8.12. The quantitative estimate of drug-likeness (QED) is 0.623. The minimum Gasteiger partial charge on any atom is -0.305 e. The second kappa shape index (κ2) is 6.81. The summed E-state index contributed by atoms with van der Waals surface area (Å²) >= 11 is 1.72. The molecule has 3 nitrogen and oxygen atoms in total. The van der Waals surface area contributed by atoms with Crippen LogP contribution < -0.4 is 0 Å². The van der Waals surface area contributed by atoms with Gasteiger partial charge in [0.05, 0.1) is 0 Å². The maximum atomic E-state index is 4.34. The standard InChI is InChI=1S/C20H23N3S/c1-20(2,3)17-12-10-15(11-13-17)14-24-19-22-21-18(23(19)4)16-8-6-5-7-9-16/h5-13H,14H2,1-4H3. The van der Waals surface area contributed by atoms with E-state index in [-0.39, 0.29) is 5.41 Å². The summed E-state index contributed by atoms with van der Waals surface area (Å²) in [6, 6.07) is 19.0. The Morgan fingerprint density at radius 3 is 2.21 bits per heavy atom. The summed E-state index contributed by atoms with van der Waals surface area (Å²) in [5, 5.41) is 9.62. The Morgan fingerprint density at radius 1 is 0.917 bits per heavy atom. The van der Waals surface area contributed by atoms with Gasteiger partial charge >= 0.3 is 0 Å². The first kappa shape index (κ1) is 16.8. The average molecular weight is 337 g/mol. The van der Waals surface area contributed by atoms with Crippen LogP contribution in [0, 0.1) is 0 Å². The molecule has 0 saturated carbocycles. The molecule has 3 rings (SSSR count). The molecule has 0 aliphatic heterocycles. The van der Waals surface area contributed by atoms with Gasteiger partial charge in [-0.15, -0.1) is 10.2 Å². The van der Waals surface area contributed by atoms with E-state index < -0.39 is 0 Å². The molecule has 0 radical (unpaired) electrons. The first-order valence-corrected chi connectivity index (χ1v) is 9.11. The molecule has 0 fully saturated rings. The molecule has 0 N–H and O–H groups in total. The van der Waals surface area contributed by atoms with Gasteiger partial charge in [0.1, 0.15) is 0 Å². The van der Waals surface area contributed by atoms with Crippen LogP contribution in [0.15, 0.2) is 59.8 Å². The number of thioether (sulfide) groups is 1. The SMILES string of the molecule is Cn1c(SCc2ccc(C(C)(C)C)cc2)nnc1-c1ccccc1. The number of rotatable bonds is 4. The van der Waals surface area contributed by atoms with E-state index in [0.29, 0.717) is 0 Å². The van der Waals surface area contributed by atoms with E-state index in [9.17, 15) is 0 Å². The molecule has 0 aliphatic rings. The molecule has 1 heterocycles. The second-order valence-electron chi connectivity index (χ2n) is 6.97. The smallest absolute Gasteiger partial charge is 0.191 e. The summed E-state index contributed by atoms with van der Waals surface area (Å²) in [6.45, 7) is 6.71. The lowest BCUT2D eigenvalue weighted by Gasteiger charge is -2.19. The third-order valence-electron chi connectivity index (χ3n) is 4.05. The maximum absolute atomic E-state index is 4.34. The van der Waals surface area contributed by atoms with Crippen LogP contribution in [0.1, 0.15) is 31.9 Å². The van der Waals surface area contributed by atoms with Gasteiger partial charge in [-0.1, -0.05) is 87.1 Å². The molecule has 0 saturated heterocycles. The highest BCUT2D eigenvalue weighted by molar-refractivity contribution is 7.98. The fraction of sp³-hybridized carbons (Fsp3) is 0.300. The van der Waals surface area contributed by atoms with Crippen molar-refractivity contribution in [2.24, 2.45) is 7.05 Å². The van der Waals surface area contributed by atoms with Crippen LogP contribution in [0.25, 0.3) is 11.4 Å². The molecule has 3 aromatic rings. The highest BCUT2D eigenvalue weighted by Gasteiger charge is 2.14. The molecule has 0 atom stereocenters. The normalized spacial score (nSPS) is 11.7. The van der Waals surface area contributed by atoms with E-state index in [4.69, 9.17) is 0 Å². The molecule has 0 amide bonds. The molecule has 0 spiro atoms. The number of hydrogen-bond acceptors (Lipinski definition) is 3. The lowest BCUT2D eigenvalue weighted by molar-refractivity contribution is 0.590.